The first-order valence-corrected chi connectivity index (χ1v) is 7.23. The highest BCUT2D eigenvalue weighted by Gasteiger charge is 2.22. The maximum atomic E-state index is 13.7. The van der Waals surface area contributed by atoms with Crippen molar-refractivity contribution in [1.82, 2.24) is 4.90 Å². The minimum absolute atomic E-state index is 0.195. The van der Waals surface area contributed by atoms with Crippen molar-refractivity contribution in [1.29, 1.82) is 0 Å². The molecule has 1 saturated heterocycles. The van der Waals surface area contributed by atoms with E-state index in [1.807, 2.05) is 29.6 Å². The summed E-state index contributed by atoms with van der Waals surface area (Å²) in [5.74, 6) is -0.195. The van der Waals surface area contributed by atoms with Crippen LogP contribution in [0.15, 0.2) is 12.1 Å². The third-order valence-electron chi connectivity index (χ3n) is 3.69. The van der Waals surface area contributed by atoms with Gasteiger partial charge in [0.1, 0.15) is 5.82 Å². The van der Waals surface area contributed by atoms with Crippen molar-refractivity contribution >= 4 is 34.0 Å². The van der Waals surface area contributed by atoms with Crippen molar-refractivity contribution in [2.24, 2.45) is 0 Å². The number of anilines is 2. The second-order valence-electron chi connectivity index (χ2n) is 4.97. The maximum Gasteiger partial charge on any atom is 0.138 e. The lowest BCUT2D eigenvalue weighted by Crippen LogP contribution is -2.42. The maximum absolute atomic E-state index is 13.7. The number of likely N-dealkylation sites (tertiary alicyclic amines) is 1. The number of hydrogen-bond donors (Lipinski definition) is 1. The molecule has 0 saturated carbocycles. The van der Waals surface area contributed by atoms with E-state index in [1.54, 1.807) is 12.1 Å². The van der Waals surface area contributed by atoms with Crippen molar-refractivity contribution in [3.8, 4) is 0 Å². The predicted octanol–water partition coefficient (Wildman–Crippen LogP) is 2.54. The zero-order valence-electron chi connectivity index (χ0n) is 10.8. The van der Waals surface area contributed by atoms with Crippen LogP contribution in [0.5, 0.6) is 0 Å². The van der Waals surface area contributed by atoms with Gasteiger partial charge in [0, 0.05) is 19.2 Å². The standard InChI is InChI=1S/C13H19FIN3/c1-17-5-3-9(4-6-17)18(2)13-7-10(14)11(15)8-12(13)16/h7-9H,3-6,16H2,1-2H3. The molecular formula is C13H19FIN3. The quantitative estimate of drug-likeness (QED) is 0.648. The number of nitrogens with two attached hydrogens (primary N) is 1. The number of benzene rings is 1. The van der Waals surface area contributed by atoms with Crippen molar-refractivity contribution in [2.75, 3.05) is 37.8 Å². The summed E-state index contributed by atoms with van der Waals surface area (Å²) in [6.45, 7) is 2.17. The van der Waals surface area contributed by atoms with Crippen LogP contribution in [0, 0.1) is 9.39 Å². The summed E-state index contributed by atoms with van der Waals surface area (Å²) in [6, 6.07) is 3.70. The van der Waals surface area contributed by atoms with Crippen LogP contribution in [0.4, 0.5) is 15.8 Å². The fourth-order valence-corrected chi connectivity index (χ4v) is 2.93. The smallest absolute Gasteiger partial charge is 0.138 e. The Kier molecular flexibility index (Phi) is 4.32. The topological polar surface area (TPSA) is 32.5 Å². The summed E-state index contributed by atoms with van der Waals surface area (Å²) < 4.78 is 14.2. The largest absolute Gasteiger partial charge is 0.397 e. The highest BCUT2D eigenvalue weighted by Crippen LogP contribution is 2.30. The summed E-state index contributed by atoms with van der Waals surface area (Å²) in [6.07, 6.45) is 2.19. The van der Waals surface area contributed by atoms with Crippen LogP contribution in [0.2, 0.25) is 0 Å². The Morgan fingerprint density at radius 2 is 2.00 bits per heavy atom. The molecule has 0 amide bonds. The van der Waals surface area contributed by atoms with Gasteiger partial charge in [0.05, 0.1) is 14.9 Å². The first kappa shape index (κ1) is 13.9. The lowest BCUT2D eigenvalue weighted by atomic mass is 10.0. The van der Waals surface area contributed by atoms with Gasteiger partial charge in [-0.15, -0.1) is 0 Å². The SMILES string of the molecule is CN1CCC(N(C)c2cc(F)c(I)cc2N)CC1. The summed E-state index contributed by atoms with van der Waals surface area (Å²) >= 11 is 1.97. The Morgan fingerprint density at radius 3 is 2.61 bits per heavy atom. The van der Waals surface area contributed by atoms with Crippen molar-refractivity contribution in [3.63, 3.8) is 0 Å². The van der Waals surface area contributed by atoms with E-state index in [9.17, 15) is 4.39 Å². The van der Waals surface area contributed by atoms with E-state index < -0.39 is 0 Å². The van der Waals surface area contributed by atoms with Crippen LogP contribution in [0.25, 0.3) is 0 Å². The molecule has 1 fully saturated rings. The van der Waals surface area contributed by atoms with Crippen molar-refractivity contribution in [2.45, 2.75) is 18.9 Å². The number of halogens is 2. The van der Waals surface area contributed by atoms with Crippen molar-refractivity contribution < 1.29 is 4.39 Å². The Hall–Kier alpha value is -0.560. The van der Waals surface area contributed by atoms with Gasteiger partial charge in [-0.05, 0) is 61.6 Å². The lowest BCUT2D eigenvalue weighted by Gasteiger charge is -2.36. The van der Waals surface area contributed by atoms with Gasteiger partial charge < -0.3 is 15.5 Å². The Balaban J connectivity index is 2.18. The molecule has 1 aliphatic heterocycles. The fraction of sp³-hybridized carbons (Fsp3) is 0.538. The van der Waals surface area contributed by atoms with Crippen LogP contribution >= 0.6 is 22.6 Å². The first-order valence-electron chi connectivity index (χ1n) is 6.15. The molecule has 100 valence electrons. The third kappa shape index (κ3) is 2.88. The van der Waals surface area contributed by atoms with E-state index >= 15 is 0 Å². The minimum atomic E-state index is -0.195. The molecule has 0 aromatic heterocycles. The Bertz CT molecular complexity index is 430. The van der Waals surface area contributed by atoms with E-state index in [1.165, 1.54) is 0 Å². The zero-order chi connectivity index (χ0) is 13.3. The molecule has 2 rings (SSSR count). The third-order valence-corrected chi connectivity index (χ3v) is 4.51. The molecule has 1 aliphatic rings. The molecule has 0 atom stereocenters. The number of piperidine rings is 1. The average molecular weight is 363 g/mol. The highest BCUT2D eigenvalue weighted by molar-refractivity contribution is 14.1. The van der Waals surface area contributed by atoms with Gasteiger partial charge >= 0.3 is 0 Å². The van der Waals surface area contributed by atoms with Gasteiger partial charge in [0.15, 0.2) is 0 Å². The molecule has 0 unspecified atom stereocenters. The number of nitrogen functional groups attached to an aromatic ring is 1. The van der Waals surface area contributed by atoms with Crippen LogP contribution < -0.4 is 10.6 Å². The molecule has 1 heterocycles. The molecule has 2 N–H and O–H groups in total. The van der Waals surface area contributed by atoms with Gasteiger partial charge in [-0.2, -0.15) is 0 Å². The van der Waals surface area contributed by atoms with Gasteiger partial charge in [-0.3, -0.25) is 0 Å². The molecule has 0 radical (unpaired) electrons. The molecule has 5 heteroatoms. The number of rotatable bonds is 2. The van der Waals surface area contributed by atoms with Crippen LogP contribution in [0.1, 0.15) is 12.8 Å². The van der Waals surface area contributed by atoms with Gasteiger partial charge in [0.25, 0.3) is 0 Å². The normalized spacial score (nSPS) is 18.0. The molecule has 1 aromatic carbocycles. The lowest BCUT2D eigenvalue weighted by molar-refractivity contribution is 0.253. The highest BCUT2D eigenvalue weighted by atomic mass is 127. The van der Waals surface area contributed by atoms with E-state index in [-0.39, 0.29) is 5.82 Å². The number of hydrogen-bond acceptors (Lipinski definition) is 3. The molecule has 0 bridgehead atoms. The monoisotopic (exact) mass is 363 g/mol. The molecule has 0 spiro atoms. The zero-order valence-corrected chi connectivity index (χ0v) is 12.9. The molecular weight excluding hydrogens is 344 g/mol. The minimum Gasteiger partial charge on any atom is -0.397 e. The predicted molar refractivity (Wildman–Crippen MR) is 82.5 cm³/mol. The molecule has 3 nitrogen and oxygen atoms in total. The summed E-state index contributed by atoms with van der Waals surface area (Å²) in [5, 5.41) is 0. The van der Waals surface area contributed by atoms with E-state index in [4.69, 9.17) is 5.73 Å². The van der Waals surface area contributed by atoms with Gasteiger partial charge in [-0.25, -0.2) is 4.39 Å². The molecule has 1 aromatic rings. The summed E-state index contributed by atoms with van der Waals surface area (Å²) in [5.41, 5.74) is 7.46. The van der Waals surface area contributed by atoms with E-state index in [0.29, 0.717) is 15.3 Å². The Morgan fingerprint density at radius 1 is 1.39 bits per heavy atom. The van der Waals surface area contributed by atoms with Crippen LogP contribution in [0.3, 0.4) is 0 Å². The average Bonchev–Trinajstić information content (AvgIpc) is 2.34. The fourth-order valence-electron chi connectivity index (χ4n) is 2.44. The van der Waals surface area contributed by atoms with Crippen molar-refractivity contribution in [3.05, 3.63) is 21.5 Å². The Labute approximate surface area is 121 Å². The second-order valence-corrected chi connectivity index (χ2v) is 6.13. The second kappa shape index (κ2) is 5.61. The van der Waals surface area contributed by atoms with E-state index in [2.05, 4.69) is 16.8 Å². The number of nitrogens with zero attached hydrogens (tertiary/aromatic N) is 2. The summed E-state index contributed by atoms with van der Waals surface area (Å²) in [4.78, 5) is 4.45. The molecule has 18 heavy (non-hydrogen) atoms. The van der Waals surface area contributed by atoms with E-state index in [0.717, 1.165) is 31.6 Å². The van der Waals surface area contributed by atoms with Gasteiger partial charge in [-0.1, -0.05) is 0 Å². The molecule has 0 aliphatic carbocycles. The van der Waals surface area contributed by atoms with Crippen LogP contribution in [-0.4, -0.2) is 38.1 Å². The summed E-state index contributed by atoms with van der Waals surface area (Å²) in [7, 11) is 4.14. The van der Waals surface area contributed by atoms with Gasteiger partial charge in [0.2, 0.25) is 0 Å². The van der Waals surface area contributed by atoms with Crippen LogP contribution in [-0.2, 0) is 0 Å². The first-order chi connectivity index (χ1) is 8.49.